The molecule has 0 spiro atoms. The van der Waals surface area contributed by atoms with Crippen LogP contribution in [0.3, 0.4) is 0 Å². The molecule has 0 amide bonds. The lowest BCUT2D eigenvalue weighted by atomic mass is 9.95. The summed E-state index contributed by atoms with van der Waals surface area (Å²) in [5.74, 6) is -0.171. The number of unbranched alkanes of at least 4 members (excludes halogenated alkanes) is 1. The Morgan fingerprint density at radius 1 is 1.38 bits per heavy atom. The number of ether oxygens (including phenoxy) is 1. The molecule has 0 aromatic carbocycles. The maximum Gasteiger partial charge on any atom is 0.325 e. The Labute approximate surface area is 130 Å². The van der Waals surface area contributed by atoms with Crippen molar-refractivity contribution in [3.05, 3.63) is 0 Å². The summed E-state index contributed by atoms with van der Waals surface area (Å²) in [7, 11) is 3.27. The van der Waals surface area contributed by atoms with Gasteiger partial charge < -0.3 is 15.0 Å². The molecule has 0 aliphatic carbocycles. The summed E-state index contributed by atoms with van der Waals surface area (Å²) in [5, 5.41) is 3.09. The molecule has 0 aromatic heterocycles. The Bertz CT molecular complexity index is 325. The maximum atomic E-state index is 11.8. The molecule has 1 heterocycles. The minimum Gasteiger partial charge on any atom is -0.468 e. The minimum absolute atomic E-state index is 0.171. The Morgan fingerprint density at radius 2 is 2.10 bits per heavy atom. The number of piperazine rings is 1. The van der Waals surface area contributed by atoms with E-state index in [1.165, 1.54) is 20.2 Å². The van der Waals surface area contributed by atoms with Crippen LogP contribution in [0.1, 0.15) is 40.0 Å². The second kappa shape index (κ2) is 8.71. The molecule has 0 aromatic rings. The van der Waals surface area contributed by atoms with E-state index in [4.69, 9.17) is 4.74 Å². The van der Waals surface area contributed by atoms with Gasteiger partial charge in [0.25, 0.3) is 0 Å². The number of likely N-dealkylation sites (N-methyl/N-ethyl adjacent to an activating group) is 2. The largest absolute Gasteiger partial charge is 0.468 e. The number of methoxy groups -OCH3 is 1. The molecule has 2 unspecified atom stereocenters. The van der Waals surface area contributed by atoms with Gasteiger partial charge in [-0.1, -0.05) is 6.92 Å². The van der Waals surface area contributed by atoms with Gasteiger partial charge in [-0.05, 0) is 53.2 Å². The molecule has 1 saturated heterocycles. The SMILES string of the molecule is CCN1CCN(CCCCC(C)(NC)C(=O)OC)CC1C. The number of rotatable bonds is 8. The quantitative estimate of drug-likeness (QED) is 0.541. The molecule has 124 valence electrons. The van der Waals surface area contributed by atoms with E-state index < -0.39 is 5.54 Å². The van der Waals surface area contributed by atoms with Crippen molar-refractivity contribution in [3.8, 4) is 0 Å². The van der Waals surface area contributed by atoms with Crippen molar-refractivity contribution < 1.29 is 9.53 Å². The molecular formula is C16H33N3O2. The summed E-state index contributed by atoms with van der Waals surface area (Å²) in [6.07, 6.45) is 2.99. The van der Waals surface area contributed by atoms with Crippen molar-refractivity contribution in [1.29, 1.82) is 0 Å². The van der Waals surface area contributed by atoms with E-state index in [1.807, 2.05) is 14.0 Å². The van der Waals surface area contributed by atoms with Crippen LogP contribution in [0, 0.1) is 0 Å². The lowest BCUT2D eigenvalue weighted by Crippen LogP contribution is -2.51. The molecule has 1 aliphatic rings. The first-order valence-electron chi connectivity index (χ1n) is 8.20. The van der Waals surface area contributed by atoms with Crippen molar-refractivity contribution in [3.63, 3.8) is 0 Å². The van der Waals surface area contributed by atoms with E-state index in [0.29, 0.717) is 6.04 Å². The second-order valence-corrected chi connectivity index (χ2v) is 6.31. The number of nitrogens with zero attached hydrogens (tertiary/aromatic N) is 2. The van der Waals surface area contributed by atoms with E-state index in [1.54, 1.807) is 0 Å². The van der Waals surface area contributed by atoms with Gasteiger partial charge in [0.05, 0.1) is 7.11 Å². The van der Waals surface area contributed by atoms with Gasteiger partial charge in [-0.25, -0.2) is 0 Å². The summed E-state index contributed by atoms with van der Waals surface area (Å²) in [4.78, 5) is 16.9. The molecule has 1 fully saturated rings. The van der Waals surface area contributed by atoms with E-state index in [9.17, 15) is 4.79 Å². The normalized spacial score (nSPS) is 23.8. The van der Waals surface area contributed by atoms with Gasteiger partial charge in [-0.2, -0.15) is 0 Å². The third-order valence-electron chi connectivity index (χ3n) is 4.84. The molecule has 1 rings (SSSR count). The Balaban J connectivity index is 2.27. The molecule has 1 N–H and O–H groups in total. The van der Waals surface area contributed by atoms with Crippen molar-refractivity contribution in [1.82, 2.24) is 15.1 Å². The number of esters is 1. The first-order chi connectivity index (χ1) is 9.96. The van der Waals surface area contributed by atoms with Gasteiger partial charge in [0.2, 0.25) is 0 Å². The number of nitrogens with one attached hydrogen (secondary N) is 1. The van der Waals surface area contributed by atoms with E-state index in [-0.39, 0.29) is 5.97 Å². The summed E-state index contributed by atoms with van der Waals surface area (Å²) < 4.78 is 4.87. The second-order valence-electron chi connectivity index (χ2n) is 6.31. The van der Waals surface area contributed by atoms with Gasteiger partial charge in [0.1, 0.15) is 5.54 Å². The van der Waals surface area contributed by atoms with Crippen LogP contribution >= 0.6 is 0 Å². The van der Waals surface area contributed by atoms with Gasteiger partial charge in [-0.3, -0.25) is 9.69 Å². The summed E-state index contributed by atoms with van der Waals surface area (Å²) in [6, 6.07) is 0.654. The third-order valence-corrected chi connectivity index (χ3v) is 4.84. The van der Waals surface area contributed by atoms with E-state index >= 15 is 0 Å². The van der Waals surface area contributed by atoms with Gasteiger partial charge >= 0.3 is 5.97 Å². The topological polar surface area (TPSA) is 44.8 Å². The molecule has 5 nitrogen and oxygen atoms in total. The Hall–Kier alpha value is -0.650. The first kappa shape index (κ1) is 18.4. The van der Waals surface area contributed by atoms with Gasteiger partial charge in [0.15, 0.2) is 0 Å². The van der Waals surface area contributed by atoms with Crippen LogP contribution in [0.15, 0.2) is 0 Å². The first-order valence-corrected chi connectivity index (χ1v) is 8.20. The number of carbonyl (C=O) groups is 1. The summed E-state index contributed by atoms with van der Waals surface area (Å²) in [6.45, 7) is 12.2. The van der Waals surface area contributed by atoms with Crippen molar-refractivity contribution in [2.24, 2.45) is 0 Å². The molecule has 5 heteroatoms. The number of carbonyl (C=O) groups excluding carboxylic acids is 1. The molecule has 1 aliphatic heterocycles. The fourth-order valence-electron chi connectivity index (χ4n) is 3.11. The Morgan fingerprint density at radius 3 is 2.62 bits per heavy atom. The highest BCUT2D eigenvalue weighted by Crippen LogP contribution is 2.16. The highest BCUT2D eigenvalue weighted by Gasteiger charge is 2.31. The number of hydrogen-bond donors (Lipinski definition) is 1. The summed E-state index contributed by atoms with van der Waals surface area (Å²) in [5.41, 5.74) is -0.553. The predicted octanol–water partition coefficient (Wildman–Crippen LogP) is 1.33. The maximum absolute atomic E-state index is 11.8. The van der Waals surface area contributed by atoms with Crippen LogP contribution < -0.4 is 5.32 Å². The fourth-order valence-corrected chi connectivity index (χ4v) is 3.11. The minimum atomic E-state index is -0.553. The molecule has 0 saturated carbocycles. The highest BCUT2D eigenvalue weighted by atomic mass is 16.5. The predicted molar refractivity (Wildman–Crippen MR) is 86.5 cm³/mol. The average Bonchev–Trinajstić information content (AvgIpc) is 2.50. The van der Waals surface area contributed by atoms with E-state index in [0.717, 1.165) is 38.9 Å². The van der Waals surface area contributed by atoms with Crippen LogP contribution in [-0.4, -0.2) is 74.2 Å². The highest BCUT2D eigenvalue weighted by molar-refractivity contribution is 5.80. The van der Waals surface area contributed by atoms with E-state index in [2.05, 4.69) is 29.0 Å². The molecule has 2 atom stereocenters. The number of hydrogen-bond acceptors (Lipinski definition) is 5. The molecular weight excluding hydrogens is 266 g/mol. The molecule has 0 bridgehead atoms. The van der Waals surface area contributed by atoms with Crippen LogP contribution in [-0.2, 0) is 9.53 Å². The average molecular weight is 299 g/mol. The molecule has 0 radical (unpaired) electrons. The zero-order valence-corrected chi connectivity index (χ0v) is 14.4. The molecule has 21 heavy (non-hydrogen) atoms. The van der Waals surface area contributed by atoms with Crippen LogP contribution in [0.25, 0.3) is 0 Å². The third kappa shape index (κ3) is 5.24. The zero-order chi connectivity index (χ0) is 15.9. The monoisotopic (exact) mass is 299 g/mol. The standard InChI is InChI=1S/C16H33N3O2/c1-6-19-12-11-18(13-14(19)2)10-8-7-9-16(3,17-4)15(20)21-5/h14,17H,6-13H2,1-5H3. The summed E-state index contributed by atoms with van der Waals surface area (Å²) >= 11 is 0. The van der Waals surface area contributed by atoms with Crippen molar-refractivity contribution in [2.45, 2.75) is 51.6 Å². The van der Waals surface area contributed by atoms with Gasteiger partial charge in [0, 0.05) is 25.7 Å². The lowest BCUT2D eigenvalue weighted by Gasteiger charge is -2.39. The van der Waals surface area contributed by atoms with Crippen molar-refractivity contribution in [2.75, 3.05) is 46.9 Å². The van der Waals surface area contributed by atoms with Gasteiger partial charge in [-0.15, -0.1) is 0 Å². The lowest BCUT2D eigenvalue weighted by molar-refractivity contribution is -0.148. The van der Waals surface area contributed by atoms with Crippen LogP contribution in [0.2, 0.25) is 0 Å². The fraction of sp³-hybridized carbons (Fsp3) is 0.938. The Kier molecular flexibility index (Phi) is 7.63. The van der Waals surface area contributed by atoms with Crippen LogP contribution in [0.5, 0.6) is 0 Å². The smallest absolute Gasteiger partial charge is 0.325 e. The van der Waals surface area contributed by atoms with Crippen LogP contribution in [0.4, 0.5) is 0 Å². The van der Waals surface area contributed by atoms with Crippen molar-refractivity contribution >= 4 is 5.97 Å². The zero-order valence-electron chi connectivity index (χ0n) is 14.4.